The molecule has 30 heavy (non-hydrogen) atoms. The summed E-state index contributed by atoms with van der Waals surface area (Å²) in [6.45, 7) is 6.09. The molecule has 3 heterocycles. The molecule has 162 valence electrons. The van der Waals surface area contributed by atoms with Gasteiger partial charge in [-0.25, -0.2) is 4.98 Å². The molecule has 3 atom stereocenters. The molecule has 0 spiro atoms. The molecule has 1 amide bonds. The first-order chi connectivity index (χ1) is 14.4. The Labute approximate surface area is 177 Å². The van der Waals surface area contributed by atoms with Gasteiger partial charge in [0.25, 0.3) is 0 Å². The van der Waals surface area contributed by atoms with E-state index in [0.717, 1.165) is 30.2 Å². The lowest BCUT2D eigenvalue weighted by atomic mass is 9.81. The number of hydrogen-bond donors (Lipinski definition) is 3. The highest BCUT2D eigenvalue weighted by atomic mass is 16.2. The monoisotopic (exact) mass is 412 g/mol. The van der Waals surface area contributed by atoms with Crippen LogP contribution in [-0.2, 0) is 17.9 Å². The highest BCUT2D eigenvalue weighted by molar-refractivity contribution is 6.03. The van der Waals surface area contributed by atoms with E-state index in [1.807, 2.05) is 36.7 Å². The second kappa shape index (κ2) is 8.59. The van der Waals surface area contributed by atoms with E-state index in [1.165, 1.54) is 25.7 Å². The van der Waals surface area contributed by atoms with Gasteiger partial charge in [0.2, 0.25) is 11.9 Å². The quantitative estimate of drug-likeness (QED) is 0.666. The van der Waals surface area contributed by atoms with Crippen LogP contribution in [0.3, 0.4) is 0 Å². The van der Waals surface area contributed by atoms with Crippen molar-refractivity contribution in [1.82, 2.24) is 19.7 Å². The first-order valence-electron chi connectivity index (χ1n) is 10.8. The third kappa shape index (κ3) is 4.26. The summed E-state index contributed by atoms with van der Waals surface area (Å²) in [5, 5.41) is 10.7. The number of nitrogens with zero attached hydrogens (tertiary/aromatic N) is 5. The highest BCUT2D eigenvalue weighted by Crippen LogP contribution is 2.32. The fourth-order valence-corrected chi connectivity index (χ4v) is 4.45. The van der Waals surface area contributed by atoms with Crippen molar-refractivity contribution in [2.24, 2.45) is 17.6 Å². The summed E-state index contributed by atoms with van der Waals surface area (Å²) in [5.74, 6) is 2.57. The van der Waals surface area contributed by atoms with Gasteiger partial charge in [-0.15, -0.1) is 0 Å². The lowest BCUT2D eigenvalue weighted by Gasteiger charge is -2.32. The van der Waals surface area contributed by atoms with Crippen molar-refractivity contribution in [3.05, 3.63) is 23.7 Å². The van der Waals surface area contributed by atoms with Crippen LogP contribution >= 0.6 is 0 Å². The normalized spacial score (nSPS) is 23.8. The van der Waals surface area contributed by atoms with Crippen molar-refractivity contribution >= 4 is 23.4 Å². The van der Waals surface area contributed by atoms with Gasteiger partial charge in [0, 0.05) is 31.9 Å². The van der Waals surface area contributed by atoms with Gasteiger partial charge in [-0.3, -0.25) is 9.48 Å². The van der Waals surface area contributed by atoms with Gasteiger partial charge >= 0.3 is 0 Å². The van der Waals surface area contributed by atoms with Crippen LogP contribution in [0.15, 0.2) is 12.4 Å². The second-order valence-electron chi connectivity index (χ2n) is 8.67. The van der Waals surface area contributed by atoms with Crippen LogP contribution in [0.4, 0.5) is 17.5 Å². The Morgan fingerprint density at radius 1 is 1.30 bits per heavy atom. The largest absolute Gasteiger partial charge is 0.350 e. The van der Waals surface area contributed by atoms with E-state index < -0.39 is 0 Å². The van der Waals surface area contributed by atoms with E-state index in [1.54, 1.807) is 0 Å². The SMILES string of the molecule is Cc1nc(NCc2cnn(C[C@H]3CCC[C@H](CN)C3)c2)nc2c1NC(=O)[C@H](C)N2C. The second-order valence-corrected chi connectivity index (χ2v) is 8.67. The predicted molar refractivity (Wildman–Crippen MR) is 117 cm³/mol. The Morgan fingerprint density at radius 2 is 2.10 bits per heavy atom. The van der Waals surface area contributed by atoms with Gasteiger partial charge in [-0.1, -0.05) is 6.42 Å². The number of nitrogens with one attached hydrogen (secondary N) is 2. The zero-order chi connectivity index (χ0) is 21.3. The van der Waals surface area contributed by atoms with Crippen molar-refractivity contribution in [2.75, 3.05) is 29.1 Å². The number of likely N-dealkylation sites (N-methyl/N-ethyl adjacent to an activating group) is 1. The molecule has 0 bridgehead atoms. The third-order valence-corrected chi connectivity index (χ3v) is 6.42. The van der Waals surface area contributed by atoms with E-state index in [-0.39, 0.29) is 11.9 Å². The van der Waals surface area contributed by atoms with Crippen LogP contribution in [0.1, 0.15) is 43.9 Å². The Balaban J connectivity index is 1.39. The van der Waals surface area contributed by atoms with Gasteiger partial charge in [0.1, 0.15) is 11.7 Å². The van der Waals surface area contributed by atoms with E-state index in [2.05, 4.69) is 31.9 Å². The Kier molecular flexibility index (Phi) is 5.90. The number of anilines is 3. The minimum atomic E-state index is -0.267. The number of carbonyl (C=O) groups is 1. The number of carbonyl (C=O) groups excluding carboxylic acids is 1. The third-order valence-electron chi connectivity index (χ3n) is 6.42. The van der Waals surface area contributed by atoms with Crippen molar-refractivity contribution in [3.63, 3.8) is 0 Å². The summed E-state index contributed by atoms with van der Waals surface area (Å²) in [6.07, 6.45) is 8.99. The van der Waals surface area contributed by atoms with Gasteiger partial charge in [-0.05, 0) is 51.5 Å². The lowest BCUT2D eigenvalue weighted by molar-refractivity contribution is -0.117. The zero-order valence-electron chi connectivity index (χ0n) is 18.1. The van der Waals surface area contributed by atoms with Gasteiger partial charge in [0.15, 0.2) is 5.82 Å². The van der Waals surface area contributed by atoms with E-state index in [0.29, 0.717) is 30.0 Å². The number of aryl methyl sites for hydroxylation is 1. The smallest absolute Gasteiger partial charge is 0.246 e. The molecule has 0 saturated heterocycles. The number of rotatable bonds is 6. The Morgan fingerprint density at radius 3 is 2.90 bits per heavy atom. The lowest BCUT2D eigenvalue weighted by Crippen LogP contribution is -2.44. The molecule has 1 fully saturated rings. The Bertz CT molecular complexity index is 910. The molecule has 1 saturated carbocycles. The fraction of sp³-hybridized carbons (Fsp3) is 0.619. The predicted octanol–water partition coefficient (Wildman–Crippen LogP) is 2.14. The van der Waals surface area contributed by atoms with Crippen molar-refractivity contribution in [1.29, 1.82) is 0 Å². The summed E-state index contributed by atoms with van der Waals surface area (Å²) >= 11 is 0. The zero-order valence-corrected chi connectivity index (χ0v) is 18.1. The average molecular weight is 413 g/mol. The first-order valence-corrected chi connectivity index (χ1v) is 10.8. The van der Waals surface area contributed by atoms with Crippen molar-refractivity contribution in [2.45, 2.75) is 58.7 Å². The summed E-state index contributed by atoms with van der Waals surface area (Å²) < 4.78 is 2.05. The topological polar surface area (TPSA) is 114 Å². The molecule has 0 radical (unpaired) electrons. The molecule has 9 heteroatoms. The standard InChI is InChI=1S/C21H32N8O/c1-13-18-19(28(3)14(2)20(30)26-18)27-21(25-13)23-9-17-10-24-29(12-17)11-16-6-4-5-15(7-16)8-22/h10,12,14-16H,4-9,11,22H2,1-3H3,(H,26,30)(H,23,25,27)/t14-,15-,16-/m0/s1. The number of nitrogens with two attached hydrogens (primary N) is 1. The molecule has 2 aromatic rings. The summed E-state index contributed by atoms with van der Waals surface area (Å²) in [5.41, 5.74) is 8.39. The average Bonchev–Trinajstić information content (AvgIpc) is 3.19. The molecular formula is C21H32N8O. The summed E-state index contributed by atoms with van der Waals surface area (Å²) in [7, 11) is 1.88. The molecule has 0 unspecified atom stereocenters. The molecule has 1 aliphatic carbocycles. The maximum Gasteiger partial charge on any atom is 0.246 e. The molecular weight excluding hydrogens is 380 g/mol. The Hall–Kier alpha value is -2.68. The van der Waals surface area contributed by atoms with E-state index in [9.17, 15) is 4.79 Å². The minimum Gasteiger partial charge on any atom is -0.350 e. The number of fused-ring (bicyclic) bond motifs is 1. The van der Waals surface area contributed by atoms with E-state index >= 15 is 0 Å². The minimum absolute atomic E-state index is 0.0411. The summed E-state index contributed by atoms with van der Waals surface area (Å²) in [6, 6.07) is -0.267. The first kappa shape index (κ1) is 20.6. The van der Waals surface area contributed by atoms with Gasteiger partial charge in [-0.2, -0.15) is 10.1 Å². The fourth-order valence-electron chi connectivity index (χ4n) is 4.45. The molecule has 1 aliphatic heterocycles. The molecule has 9 nitrogen and oxygen atoms in total. The highest BCUT2D eigenvalue weighted by Gasteiger charge is 2.30. The van der Waals surface area contributed by atoms with E-state index in [4.69, 9.17) is 5.73 Å². The molecule has 4 rings (SSSR count). The molecule has 2 aromatic heterocycles. The van der Waals surface area contributed by atoms with Crippen LogP contribution in [-0.4, -0.2) is 45.3 Å². The number of amides is 1. The van der Waals surface area contributed by atoms with Crippen LogP contribution in [0.5, 0.6) is 0 Å². The molecule has 2 aliphatic rings. The maximum atomic E-state index is 12.1. The van der Waals surface area contributed by atoms with Crippen LogP contribution in [0.2, 0.25) is 0 Å². The van der Waals surface area contributed by atoms with Crippen LogP contribution in [0.25, 0.3) is 0 Å². The number of hydrogen-bond acceptors (Lipinski definition) is 7. The van der Waals surface area contributed by atoms with Crippen LogP contribution < -0.4 is 21.3 Å². The van der Waals surface area contributed by atoms with Gasteiger partial charge < -0.3 is 21.3 Å². The number of aromatic nitrogens is 4. The van der Waals surface area contributed by atoms with Crippen molar-refractivity contribution in [3.8, 4) is 0 Å². The maximum absolute atomic E-state index is 12.1. The van der Waals surface area contributed by atoms with Crippen molar-refractivity contribution < 1.29 is 4.79 Å². The van der Waals surface area contributed by atoms with Crippen LogP contribution in [0, 0.1) is 18.8 Å². The molecule has 0 aromatic carbocycles. The summed E-state index contributed by atoms with van der Waals surface area (Å²) in [4.78, 5) is 23.1. The molecule has 4 N–H and O–H groups in total. The van der Waals surface area contributed by atoms with Gasteiger partial charge in [0.05, 0.1) is 11.9 Å².